The maximum atomic E-state index is 12.7. The second kappa shape index (κ2) is 11.0. The Balaban J connectivity index is 1.29. The SMILES string of the molecule is CN1C(C)(C)CC(Oc2ccc(C(=O)Nc3ccc(CC(=O)Nc4cc(C(C)(C)C)on4)cc3)nn2)CC1(C)C. The highest BCUT2D eigenvalue weighted by Gasteiger charge is 2.44. The second-order valence-corrected chi connectivity index (χ2v) is 12.8. The fourth-order valence-corrected chi connectivity index (χ4v) is 5.00. The summed E-state index contributed by atoms with van der Waals surface area (Å²) >= 11 is 0. The summed E-state index contributed by atoms with van der Waals surface area (Å²) in [7, 11) is 2.15. The van der Waals surface area contributed by atoms with Gasteiger partial charge in [0.15, 0.2) is 11.5 Å². The van der Waals surface area contributed by atoms with Crippen LogP contribution in [0.4, 0.5) is 11.5 Å². The standard InChI is InChI=1S/C30H40N6O4/c1-28(2,3)23-16-24(35-40-23)32-25(37)15-19-9-11-20(12-10-19)31-27(38)22-13-14-26(34-33-22)39-21-17-29(4,5)36(8)30(6,7)18-21/h9-14,16,21H,15,17-18H2,1-8H3,(H,31,38)(H,32,35,37). The van der Waals surface area contributed by atoms with E-state index in [1.807, 2.05) is 20.8 Å². The molecular formula is C30H40N6O4. The number of nitrogens with zero attached hydrogens (tertiary/aromatic N) is 4. The third-order valence-electron chi connectivity index (χ3n) is 7.52. The van der Waals surface area contributed by atoms with Crippen molar-refractivity contribution >= 4 is 23.3 Å². The lowest BCUT2D eigenvalue weighted by Gasteiger charge is -2.53. The number of ether oxygens (including phenoxy) is 1. The Kier molecular flexibility index (Phi) is 8.03. The number of likely N-dealkylation sites (tertiary alicyclic amines) is 1. The molecule has 4 rings (SSSR count). The van der Waals surface area contributed by atoms with Crippen molar-refractivity contribution in [2.75, 3.05) is 17.7 Å². The van der Waals surface area contributed by atoms with E-state index in [4.69, 9.17) is 9.26 Å². The molecule has 0 bridgehead atoms. The number of anilines is 2. The third-order valence-corrected chi connectivity index (χ3v) is 7.52. The molecule has 2 N–H and O–H groups in total. The molecule has 0 saturated carbocycles. The molecule has 1 fully saturated rings. The van der Waals surface area contributed by atoms with Crippen LogP contribution in [0.3, 0.4) is 0 Å². The van der Waals surface area contributed by atoms with E-state index in [0.29, 0.717) is 23.1 Å². The Labute approximate surface area is 235 Å². The van der Waals surface area contributed by atoms with Crippen LogP contribution in [-0.2, 0) is 16.6 Å². The van der Waals surface area contributed by atoms with Gasteiger partial charge in [-0.25, -0.2) is 0 Å². The number of piperidine rings is 1. The minimum Gasteiger partial charge on any atom is -0.473 e. The summed E-state index contributed by atoms with van der Waals surface area (Å²) in [5, 5.41) is 17.7. The molecule has 0 atom stereocenters. The monoisotopic (exact) mass is 548 g/mol. The zero-order valence-corrected chi connectivity index (χ0v) is 24.7. The summed E-state index contributed by atoms with van der Waals surface area (Å²) in [5.74, 6) is 0.887. The first-order chi connectivity index (χ1) is 18.6. The normalized spacial score (nSPS) is 17.3. The molecule has 214 valence electrons. The molecule has 0 aliphatic carbocycles. The van der Waals surface area contributed by atoms with Gasteiger partial charge in [0.1, 0.15) is 11.9 Å². The van der Waals surface area contributed by atoms with Gasteiger partial charge in [0, 0.05) is 47.2 Å². The molecule has 1 saturated heterocycles. The smallest absolute Gasteiger partial charge is 0.276 e. The summed E-state index contributed by atoms with van der Waals surface area (Å²) in [4.78, 5) is 27.5. The molecule has 0 unspecified atom stereocenters. The van der Waals surface area contributed by atoms with Crippen molar-refractivity contribution in [3.8, 4) is 5.88 Å². The second-order valence-electron chi connectivity index (χ2n) is 12.8. The average Bonchev–Trinajstić information content (AvgIpc) is 3.33. The van der Waals surface area contributed by atoms with Crippen molar-refractivity contribution in [3.05, 3.63) is 59.5 Å². The highest BCUT2D eigenvalue weighted by atomic mass is 16.5. The molecule has 1 aliphatic heterocycles. The molecule has 0 radical (unpaired) electrons. The Bertz CT molecular complexity index is 1320. The molecule has 10 nitrogen and oxygen atoms in total. The van der Waals surface area contributed by atoms with Crippen LogP contribution in [0.5, 0.6) is 5.88 Å². The maximum absolute atomic E-state index is 12.7. The lowest BCUT2D eigenvalue weighted by atomic mass is 9.79. The lowest BCUT2D eigenvalue weighted by molar-refractivity contribution is -0.115. The third kappa shape index (κ3) is 7.04. The first kappa shape index (κ1) is 29.2. The van der Waals surface area contributed by atoms with Crippen LogP contribution in [0.2, 0.25) is 0 Å². The molecule has 3 aromatic rings. The number of amides is 2. The van der Waals surface area contributed by atoms with E-state index in [9.17, 15) is 9.59 Å². The number of nitrogens with one attached hydrogen (secondary N) is 2. The first-order valence-corrected chi connectivity index (χ1v) is 13.5. The molecule has 1 aliphatic rings. The lowest BCUT2D eigenvalue weighted by Crippen LogP contribution is -2.60. The van der Waals surface area contributed by atoms with Gasteiger partial charge < -0.3 is 19.9 Å². The van der Waals surface area contributed by atoms with Crippen LogP contribution in [0, 0.1) is 0 Å². The fourth-order valence-electron chi connectivity index (χ4n) is 5.00. The van der Waals surface area contributed by atoms with Crippen LogP contribution in [0.25, 0.3) is 0 Å². The largest absolute Gasteiger partial charge is 0.473 e. The highest BCUT2D eigenvalue weighted by molar-refractivity contribution is 6.02. The summed E-state index contributed by atoms with van der Waals surface area (Å²) in [6, 6.07) is 12.1. The molecule has 40 heavy (non-hydrogen) atoms. The highest BCUT2D eigenvalue weighted by Crippen LogP contribution is 2.38. The number of benzene rings is 1. The van der Waals surface area contributed by atoms with Gasteiger partial charge in [0.25, 0.3) is 5.91 Å². The molecule has 10 heteroatoms. The summed E-state index contributed by atoms with van der Waals surface area (Å²) in [6.07, 6.45) is 1.90. The number of aromatic nitrogens is 3. The van der Waals surface area contributed by atoms with Gasteiger partial charge in [0.05, 0.1) is 6.42 Å². The van der Waals surface area contributed by atoms with Crippen molar-refractivity contribution in [1.82, 2.24) is 20.3 Å². The Morgan fingerprint density at radius 3 is 2.20 bits per heavy atom. The predicted molar refractivity (Wildman–Crippen MR) is 154 cm³/mol. The van der Waals surface area contributed by atoms with Crippen LogP contribution >= 0.6 is 0 Å². The van der Waals surface area contributed by atoms with Crippen molar-refractivity contribution in [2.45, 2.75) is 90.3 Å². The fraction of sp³-hybridized carbons (Fsp3) is 0.500. The quantitative estimate of drug-likeness (QED) is 0.412. The number of carbonyl (C=O) groups excluding carboxylic acids is 2. The van der Waals surface area contributed by atoms with Crippen molar-refractivity contribution in [2.24, 2.45) is 0 Å². The van der Waals surface area contributed by atoms with Crippen LogP contribution in [0.15, 0.2) is 47.0 Å². The molecule has 1 aromatic carbocycles. The topological polar surface area (TPSA) is 122 Å². The maximum Gasteiger partial charge on any atom is 0.276 e. The van der Waals surface area contributed by atoms with Crippen molar-refractivity contribution in [3.63, 3.8) is 0 Å². The van der Waals surface area contributed by atoms with Crippen molar-refractivity contribution in [1.29, 1.82) is 0 Å². The Hall–Kier alpha value is -3.79. The van der Waals surface area contributed by atoms with Gasteiger partial charge in [-0.15, -0.1) is 10.2 Å². The number of hydrogen-bond donors (Lipinski definition) is 2. The van der Waals surface area contributed by atoms with E-state index >= 15 is 0 Å². The zero-order valence-electron chi connectivity index (χ0n) is 24.7. The van der Waals surface area contributed by atoms with Gasteiger partial charge in [-0.1, -0.05) is 38.1 Å². The van der Waals surface area contributed by atoms with E-state index in [-0.39, 0.29) is 46.5 Å². The minimum absolute atomic E-state index is 0.00711. The summed E-state index contributed by atoms with van der Waals surface area (Å²) < 4.78 is 11.5. The molecule has 3 heterocycles. The summed E-state index contributed by atoms with van der Waals surface area (Å²) in [5.41, 5.74) is 1.34. The van der Waals surface area contributed by atoms with Gasteiger partial charge in [0.2, 0.25) is 11.8 Å². The predicted octanol–water partition coefficient (Wildman–Crippen LogP) is 5.23. The van der Waals surface area contributed by atoms with Gasteiger partial charge in [-0.05, 0) is 58.5 Å². The average molecular weight is 549 g/mol. The zero-order chi connectivity index (χ0) is 29.3. The van der Waals surface area contributed by atoms with E-state index in [1.165, 1.54) is 0 Å². The van der Waals surface area contributed by atoms with E-state index in [0.717, 1.165) is 18.4 Å². The van der Waals surface area contributed by atoms with E-state index < -0.39 is 0 Å². The van der Waals surface area contributed by atoms with Gasteiger partial charge in [-0.2, -0.15) is 0 Å². The minimum atomic E-state index is -0.383. The molecular weight excluding hydrogens is 508 g/mol. The van der Waals surface area contributed by atoms with E-state index in [1.54, 1.807) is 42.5 Å². The Morgan fingerprint density at radius 2 is 1.65 bits per heavy atom. The molecule has 2 amide bonds. The van der Waals surface area contributed by atoms with Gasteiger partial charge in [-0.3, -0.25) is 14.5 Å². The van der Waals surface area contributed by atoms with Crippen LogP contribution in [0.1, 0.15) is 83.1 Å². The number of carbonyl (C=O) groups is 2. The van der Waals surface area contributed by atoms with Crippen molar-refractivity contribution < 1.29 is 18.8 Å². The van der Waals surface area contributed by atoms with E-state index in [2.05, 4.69) is 65.6 Å². The molecule has 0 spiro atoms. The Morgan fingerprint density at radius 1 is 1.00 bits per heavy atom. The number of rotatable bonds is 7. The number of hydrogen-bond acceptors (Lipinski definition) is 8. The van der Waals surface area contributed by atoms with Crippen LogP contribution in [-0.4, -0.2) is 56.3 Å². The summed E-state index contributed by atoms with van der Waals surface area (Å²) in [6.45, 7) is 14.9. The van der Waals surface area contributed by atoms with Crippen LogP contribution < -0.4 is 15.4 Å². The molecule has 2 aromatic heterocycles. The first-order valence-electron chi connectivity index (χ1n) is 13.5. The van der Waals surface area contributed by atoms with Gasteiger partial charge >= 0.3 is 0 Å².